The third-order valence-corrected chi connectivity index (χ3v) is 3.38. The zero-order valence-corrected chi connectivity index (χ0v) is 13.4. The van der Waals surface area contributed by atoms with Crippen molar-refractivity contribution in [2.45, 2.75) is 6.54 Å². The van der Waals surface area contributed by atoms with Crippen LogP contribution < -0.4 is 5.32 Å². The highest BCUT2D eigenvalue weighted by Crippen LogP contribution is 2.13. The Morgan fingerprint density at radius 3 is 2.50 bits per heavy atom. The van der Waals surface area contributed by atoms with E-state index in [1.54, 1.807) is 25.2 Å². The van der Waals surface area contributed by atoms with Gasteiger partial charge in [-0.15, -0.1) is 0 Å². The highest BCUT2D eigenvalue weighted by molar-refractivity contribution is 9.10. The second-order valence-electron chi connectivity index (χ2n) is 4.66. The summed E-state index contributed by atoms with van der Waals surface area (Å²) >= 11 is 3.10. The van der Waals surface area contributed by atoms with E-state index in [2.05, 4.69) is 21.2 Å². The van der Waals surface area contributed by atoms with Crippen molar-refractivity contribution in [3.8, 4) is 0 Å². The number of hydrogen-bond acceptors (Lipinski definition) is 3. The molecule has 2 aromatic rings. The summed E-state index contributed by atoms with van der Waals surface area (Å²) in [7, 11) is 1.61. The largest absolute Gasteiger partial charge is 0.444 e. The molecule has 1 aromatic carbocycles. The average molecular weight is 369 g/mol. The molecule has 0 unspecified atom stereocenters. The van der Waals surface area contributed by atoms with Gasteiger partial charge in [0.1, 0.15) is 5.82 Å². The molecule has 7 heteroatoms. The Hall–Kier alpha value is -2.15. The lowest BCUT2D eigenvalue weighted by Gasteiger charge is -2.17. The Kier molecular flexibility index (Phi) is 5.32. The van der Waals surface area contributed by atoms with E-state index < -0.39 is 5.91 Å². The summed E-state index contributed by atoms with van der Waals surface area (Å²) < 4.78 is 18.3. The van der Waals surface area contributed by atoms with Crippen molar-refractivity contribution in [3.63, 3.8) is 0 Å². The van der Waals surface area contributed by atoms with Gasteiger partial charge in [0.2, 0.25) is 5.91 Å². The van der Waals surface area contributed by atoms with E-state index in [4.69, 9.17) is 4.42 Å². The maximum absolute atomic E-state index is 12.8. The summed E-state index contributed by atoms with van der Waals surface area (Å²) in [5.74, 6) is -0.923. The van der Waals surface area contributed by atoms with Crippen LogP contribution in [0.1, 0.15) is 16.1 Å². The van der Waals surface area contributed by atoms with Gasteiger partial charge in [-0.3, -0.25) is 9.59 Å². The Morgan fingerprint density at radius 2 is 1.91 bits per heavy atom. The molecule has 1 heterocycles. The molecule has 0 spiro atoms. The minimum Gasteiger partial charge on any atom is -0.444 e. The van der Waals surface area contributed by atoms with Crippen molar-refractivity contribution in [2.75, 3.05) is 13.6 Å². The van der Waals surface area contributed by atoms with Gasteiger partial charge < -0.3 is 14.6 Å². The van der Waals surface area contributed by atoms with Crippen molar-refractivity contribution in [1.29, 1.82) is 0 Å². The number of halogens is 2. The van der Waals surface area contributed by atoms with E-state index in [9.17, 15) is 14.0 Å². The fraction of sp³-hybridized carbons (Fsp3) is 0.200. The van der Waals surface area contributed by atoms with Crippen LogP contribution >= 0.6 is 15.9 Å². The number of furan rings is 1. The molecular weight excluding hydrogens is 355 g/mol. The van der Waals surface area contributed by atoms with Crippen LogP contribution in [0.25, 0.3) is 0 Å². The number of hydrogen-bond donors (Lipinski definition) is 1. The van der Waals surface area contributed by atoms with Crippen LogP contribution in [0.3, 0.4) is 0 Å². The lowest BCUT2D eigenvalue weighted by atomic mass is 10.2. The Labute approximate surface area is 135 Å². The first-order valence-corrected chi connectivity index (χ1v) is 7.27. The first kappa shape index (κ1) is 16.2. The molecule has 116 valence electrons. The highest BCUT2D eigenvalue weighted by atomic mass is 79.9. The van der Waals surface area contributed by atoms with Crippen LogP contribution in [-0.2, 0) is 11.3 Å². The summed E-state index contributed by atoms with van der Waals surface area (Å²) in [6.07, 6.45) is 0. The lowest BCUT2D eigenvalue weighted by molar-refractivity contribution is -0.129. The summed E-state index contributed by atoms with van der Waals surface area (Å²) in [6.45, 7) is 0.191. The summed E-state index contributed by atoms with van der Waals surface area (Å²) in [5.41, 5.74) is 0.804. The standard InChI is InChI=1S/C15H14BrFN2O3/c1-19(9-10-2-4-11(17)5-3-10)14(20)8-18-15(21)12-6-7-13(16)22-12/h2-7H,8-9H2,1H3,(H,18,21). The molecule has 0 fully saturated rings. The maximum Gasteiger partial charge on any atom is 0.287 e. The van der Waals surface area contributed by atoms with Crippen molar-refractivity contribution >= 4 is 27.7 Å². The molecule has 0 saturated carbocycles. The van der Waals surface area contributed by atoms with E-state index in [0.717, 1.165) is 5.56 Å². The number of nitrogens with zero attached hydrogens (tertiary/aromatic N) is 1. The molecule has 22 heavy (non-hydrogen) atoms. The number of benzene rings is 1. The Balaban J connectivity index is 1.83. The van der Waals surface area contributed by atoms with Crippen LogP contribution in [0.5, 0.6) is 0 Å². The summed E-state index contributed by atoms with van der Waals surface area (Å²) in [6, 6.07) is 8.99. The van der Waals surface area contributed by atoms with Crippen LogP contribution in [-0.4, -0.2) is 30.3 Å². The van der Waals surface area contributed by atoms with Gasteiger partial charge in [0.25, 0.3) is 5.91 Å². The fourth-order valence-electron chi connectivity index (χ4n) is 1.77. The monoisotopic (exact) mass is 368 g/mol. The average Bonchev–Trinajstić information content (AvgIpc) is 2.93. The SMILES string of the molecule is CN(Cc1ccc(F)cc1)C(=O)CNC(=O)c1ccc(Br)o1. The van der Waals surface area contributed by atoms with Gasteiger partial charge in [-0.05, 0) is 45.8 Å². The number of rotatable bonds is 5. The molecule has 0 aliphatic rings. The van der Waals surface area contributed by atoms with Gasteiger partial charge in [-0.2, -0.15) is 0 Å². The van der Waals surface area contributed by atoms with E-state index >= 15 is 0 Å². The van der Waals surface area contributed by atoms with E-state index in [-0.39, 0.29) is 24.0 Å². The van der Waals surface area contributed by atoms with Crippen molar-refractivity contribution in [1.82, 2.24) is 10.2 Å². The van der Waals surface area contributed by atoms with Crippen molar-refractivity contribution in [3.05, 3.63) is 58.2 Å². The van der Waals surface area contributed by atoms with E-state index in [1.807, 2.05) is 0 Å². The first-order chi connectivity index (χ1) is 10.5. The topological polar surface area (TPSA) is 62.6 Å². The van der Waals surface area contributed by atoms with Crippen molar-refractivity contribution < 1.29 is 18.4 Å². The molecule has 5 nitrogen and oxygen atoms in total. The molecule has 1 aromatic heterocycles. The molecule has 2 amide bonds. The predicted octanol–water partition coefficient (Wildman–Crippen LogP) is 2.57. The molecule has 0 aliphatic heterocycles. The minimum absolute atomic E-state index is 0.126. The minimum atomic E-state index is -0.464. The van der Waals surface area contributed by atoms with Gasteiger partial charge >= 0.3 is 0 Å². The summed E-state index contributed by atoms with van der Waals surface area (Å²) in [5, 5.41) is 2.48. The quantitative estimate of drug-likeness (QED) is 0.881. The van der Waals surface area contributed by atoms with Crippen LogP contribution in [0, 0.1) is 5.82 Å². The highest BCUT2D eigenvalue weighted by Gasteiger charge is 2.14. The van der Waals surface area contributed by atoms with Gasteiger partial charge in [0.15, 0.2) is 10.4 Å². The van der Waals surface area contributed by atoms with Crippen molar-refractivity contribution in [2.24, 2.45) is 0 Å². The molecule has 1 N–H and O–H groups in total. The second-order valence-corrected chi connectivity index (χ2v) is 5.44. The zero-order valence-electron chi connectivity index (χ0n) is 11.8. The first-order valence-electron chi connectivity index (χ1n) is 6.47. The number of nitrogens with one attached hydrogen (secondary N) is 1. The van der Waals surface area contributed by atoms with Gasteiger partial charge in [0, 0.05) is 13.6 Å². The molecule has 0 radical (unpaired) electrons. The number of amides is 2. The second kappa shape index (κ2) is 7.22. The van der Waals surface area contributed by atoms with Gasteiger partial charge in [-0.1, -0.05) is 12.1 Å². The third kappa shape index (κ3) is 4.42. The molecule has 0 saturated heterocycles. The van der Waals surface area contributed by atoms with Gasteiger partial charge in [0.05, 0.1) is 6.54 Å². The smallest absolute Gasteiger partial charge is 0.287 e. The normalized spacial score (nSPS) is 10.3. The molecular formula is C15H14BrFN2O3. The van der Waals surface area contributed by atoms with Crippen LogP contribution in [0.2, 0.25) is 0 Å². The zero-order chi connectivity index (χ0) is 16.1. The fourth-order valence-corrected chi connectivity index (χ4v) is 2.07. The van der Waals surface area contributed by atoms with E-state index in [0.29, 0.717) is 11.2 Å². The Bertz CT molecular complexity index is 670. The molecule has 0 atom stereocenters. The number of likely N-dealkylation sites (N-methyl/N-ethyl adjacent to an activating group) is 1. The van der Waals surface area contributed by atoms with E-state index in [1.165, 1.54) is 23.1 Å². The molecule has 2 rings (SSSR count). The molecule has 0 bridgehead atoms. The van der Waals surface area contributed by atoms with Crippen LogP contribution in [0.15, 0.2) is 45.5 Å². The predicted molar refractivity (Wildman–Crippen MR) is 81.6 cm³/mol. The Morgan fingerprint density at radius 1 is 1.23 bits per heavy atom. The van der Waals surface area contributed by atoms with Crippen LogP contribution in [0.4, 0.5) is 4.39 Å². The van der Waals surface area contributed by atoms with Gasteiger partial charge in [-0.25, -0.2) is 4.39 Å². The summed E-state index contributed by atoms with van der Waals surface area (Å²) in [4.78, 5) is 25.1. The maximum atomic E-state index is 12.8. The third-order valence-electron chi connectivity index (χ3n) is 2.96. The molecule has 0 aliphatic carbocycles. The lowest BCUT2D eigenvalue weighted by Crippen LogP contribution is -2.37. The number of carbonyl (C=O) groups is 2. The number of carbonyl (C=O) groups excluding carboxylic acids is 2.